The first-order valence-corrected chi connectivity index (χ1v) is 6.51. The lowest BCUT2D eigenvalue weighted by molar-refractivity contribution is 0.0918. The molecule has 0 aliphatic carbocycles. The third-order valence-electron chi connectivity index (χ3n) is 2.63. The minimum Gasteiger partial charge on any atom is -0.380 e. The van der Waals surface area contributed by atoms with E-state index in [1.54, 1.807) is 6.07 Å². The quantitative estimate of drug-likeness (QED) is 0.856. The van der Waals surface area contributed by atoms with Crippen molar-refractivity contribution in [2.45, 2.75) is 6.92 Å². The third-order valence-corrected chi connectivity index (χ3v) is 2.95. The number of ether oxygens (including phenoxy) is 1. The highest BCUT2D eigenvalue weighted by atomic mass is 35.5. The first-order chi connectivity index (χ1) is 9.22. The van der Waals surface area contributed by atoms with E-state index in [2.05, 4.69) is 10.3 Å². The van der Waals surface area contributed by atoms with Gasteiger partial charge in [-0.25, -0.2) is 4.98 Å². The Bertz CT molecular complexity index is 587. The van der Waals surface area contributed by atoms with Gasteiger partial charge in [0.15, 0.2) is 0 Å². The number of nitrogens with one attached hydrogen (secondary N) is 1. The van der Waals surface area contributed by atoms with Crippen molar-refractivity contribution < 1.29 is 9.53 Å². The molecule has 1 heterocycles. The molecule has 0 saturated carbocycles. The number of carbonyl (C=O) groups excluding carboxylic acids is 1. The van der Waals surface area contributed by atoms with Crippen molar-refractivity contribution in [1.29, 1.82) is 0 Å². The van der Waals surface area contributed by atoms with Gasteiger partial charge in [0.25, 0.3) is 5.91 Å². The van der Waals surface area contributed by atoms with Crippen LogP contribution in [0.15, 0.2) is 30.3 Å². The van der Waals surface area contributed by atoms with Crippen LogP contribution in [0.1, 0.15) is 17.4 Å². The number of amides is 1. The van der Waals surface area contributed by atoms with Crippen LogP contribution < -0.4 is 5.32 Å². The van der Waals surface area contributed by atoms with E-state index in [0.717, 1.165) is 5.39 Å². The first kappa shape index (κ1) is 13.8. The van der Waals surface area contributed by atoms with E-state index in [0.29, 0.717) is 36.0 Å². The summed E-state index contributed by atoms with van der Waals surface area (Å²) in [7, 11) is 0. The smallest absolute Gasteiger partial charge is 0.270 e. The molecule has 19 heavy (non-hydrogen) atoms. The molecule has 1 N–H and O–H groups in total. The molecule has 0 atom stereocenters. The van der Waals surface area contributed by atoms with Crippen molar-refractivity contribution in [3.63, 3.8) is 0 Å². The molecule has 0 aliphatic rings. The number of carbonyl (C=O) groups is 1. The van der Waals surface area contributed by atoms with E-state index in [4.69, 9.17) is 16.3 Å². The summed E-state index contributed by atoms with van der Waals surface area (Å²) in [6, 6.07) is 9.04. The molecule has 0 spiro atoms. The molecular weight excluding hydrogens is 264 g/mol. The lowest BCUT2D eigenvalue weighted by Gasteiger charge is -2.07. The number of fused-ring (bicyclic) bond motifs is 1. The van der Waals surface area contributed by atoms with Gasteiger partial charge in [-0.1, -0.05) is 29.8 Å². The number of pyridine rings is 1. The Hall–Kier alpha value is -1.65. The maximum absolute atomic E-state index is 11.9. The zero-order chi connectivity index (χ0) is 13.7. The number of nitrogens with zero attached hydrogens (tertiary/aromatic N) is 1. The van der Waals surface area contributed by atoms with Crippen LogP contribution in [-0.2, 0) is 4.74 Å². The van der Waals surface area contributed by atoms with E-state index in [1.807, 2.05) is 31.2 Å². The second kappa shape index (κ2) is 6.50. The van der Waals surface area contributed by atoms with Gasteiger partial charge in [-0.2, -0.15) is 0 Å². The van der Waals surface area contributed by atoms with Crippen LogP contribution in [-0.4, -0.2) is 30.6 Å². The van der Waals surface area contributed by atoms with Crippen LogP contribution in [0.4, 0.5) is 0 Å². The Balaban J connectivity index is 2.14. The van der Waals surface area contributed by atoms with Gasteiger partial charge in [-0.3, -0.25) is 4.79 Å². The summed E-state index contributed by atoms with van der Waals surface area (Å²) in [5.41, 5.74) is 1.03. The van der Waals surface area contributed by atoms with Crippen LogP contribution in [0, 0.1) is 0 Å². The van der Waals surface area contributed by atoms with Crippen molar-refractivity contribution in [3.05, 3.63) is 41.0 Å². The average Bonchev–Trinajstić information content (AvgIpc) is 2.43. The predicted octanol–water partition coefficient (Wildman–Crippen LogP) is 2.65. The molecular formula is C14H15ClN2O2. The highest BCUT2D eigenvalue weighted by molar-refractivity contribution is 6.35. The minimum absolute atomic E-state index is 0.243. The molecule has 0 saturated heterocycles. The molecule has 1 aromatic heterocycles. The third kappa shape index (κ3) is 3.43. The van der Waals surface area contributed by atoms with Crippen LogP contribution >= 0.6 is 11.6 Å². The van der Waals surface area contributed by atoms with Crippen LogP contribution in [0.5, 0.6) is 0 Å². The lowest BCUT2D eigenvalue weighted by atomic mass is 10.2. The molecule has 0 bridgehead atoms. The standard InChI is InChI=1S/C14H15ClN2O2/c1-2-19-8-7-16-14(18)13-9-11(15)10-5-3-4-6-12(10)17-13/h3-6,9H,2,7-8H2,1H3,(H,16,18). The topological polar surface area (TPSA) is 51.2 Å². The zero-order valence-corrected chi connectivity index (χ0v) is 11.4. The van der Waals surface area contributed by atoms with E-state index in [-0.39, 0.29) is 5.91 Å². The highest BCUT2D eigenvalue weighted by Gasteiger charge is 2.10. The summed E-state index contributed by atoms with van der Waals surface area (Å²) in [4.78, 5) is 16.2. The summed E-state index contributed by atoms with van der Waals surface area (Å²) in [5.74, 6) is -0.243. The first-order valence-electron chi connectivity index (χ1n) is 6.13. The number of aromatic nitrogens is 1. The number of rotatable bonds is 5. The van der Waals surface area contributed by atoms with Crippen LogP contribution in [0.25, 0.3) is 10.9 Å². The number of hydrogen-bond acceptors (Lipinski definition) is 3. The van der Waals surface area contributed by atoms with Crippen molar-refractivity contribution in [3.8, 4) is 0 Å². The van der Waals surface area contributed by atoms with E-state index in [1.165, 1.54) is 0 Å². The second-order valence-corrected chi connectivity index (χ2v) is 4.37. The maximum Gasteiger partial charge on any atom is 0.270 e. The molecule has 1 amide bonds. The summed E-state index contributed by atoms with van der Waals surface area (Å²) < 4.78 is 5.15. The van der Waals surface area contributed by atoms with Crippen molar-refractivity contribution in [2.75, 3.05) is 19.8 Å². The van der Waals surface area contributed by atoms with Crippen molar-refractivity contribution in [1.82, 2.24) is 10.3 Å². The molecule has 0 fully saturated rings. The van der Waals surface area contributed by atoms with Crippen LogP contribution in [0.2, 0.25) is 5.02 Å². The normalized spacial score (nSPS) is 10.6. The highest BCUT2D eigenvalue weighted by Crippen LogP contribution is 2.22. The van der Waals surface area contributed by atoms with Crippen LogP contribution in [0.3, 0.4) is 0 Å². The Labute approximate surface area is 116 Å². The fourth-order valence-electron chi connectivity index (χ4n) is 1.72. The summed E-state index contributed by atoms with van der Waals surface area (Å²) in [6.45, 7) is 3.49. The van der Waals surface area contributed by atoms with Gasteiger partial charge in [-0.15, -0.1) is 0 Å². The SMILES string of the molecule is CCOCCNC(=O)c1cc(Cl)c2ccccc2n1. The lowest BCUT2D eigenvalue weighted by Crippen LogP contribution is -2.28. The number of benzene rings is 1. The van der Waals surface area contributed by atoms with Gasteiger partial charge in [0.2, 0.25) is 0 Å². The maximum atomic E-state index is 11.9. The van der Waals surface area contributed by atoms with Gasteiger partial charge in [0.05, 0.1) is 17.1 Å². The summed E-state index contributed by atoms with van der Waals surface area (Å²) in [5, 5.41) is 4.11. The molecule has 100 valence electrons. The number of hydrogen-bond donors (Lipinski definition) is 1. The van der Waals surface area contributed by atoms with E-state index < -0.39 is 0 Å². The molecule has 0 unspecified atom stereocenters. The largest absolute Gasteiger partial charge is 0.380 e. The molecule has 2 aromatic rings. The fraction of sp³-hybridized carbons (Fsp3) is 0.286. The van der Waals surface area contributed by atoms with Gasteiger partial charge in [-0.05, 0) is 19.1 Å². The van der Waals surface area contributed by atoms with Gasteiger partial charge in [0.1, 0.15) is 5.69 Å². The Morgan fingerprint density at radius 1 is 1.42 bits per heavy atom. The fourth-order valence-corrected chi connectivity index (χ4v) is 1.98. The van der Waals surface area contributed by atoms with Crippen molar-refractivity contribution >= 4 is 28.4 Å². The summed E-state index contributed by atoms with van der Waals surface area (Å²) in [6.07, 6.45) is 0. The van der Waals surface area contributed by atoms with E-state index in [9.17, 15) is 4.79 Å². The molecule has 2 rings (SSSR count). The molecule has 5 heteroatoms. The monoisotopic (exact) mass is 278 g/mol. The molecule has 0 aliphatic heterocycles. The minimum atomic E-state index is -0.243. The van der Waals surface area contributed by atoms with E-state index >= 15 is 0 Å². The summed E-state index contributed by atoms with van der Waals surface area (Å²) >= 11 is 6.15. The Kier molecular flexibility index (Phi) is 4.71. The zero-order valence-electron chi connectivity index (χ0n) is 10.6. The second-order valence-electron chi connectivity index (χ2n) is 3.96. The number of halogens is 1. The molecule has 0 radical (unpaired) electrons. The number of para-hydroxylation sites is 1. The average molecular weight is 279 g/mol. The Morgan fingerprint density at radius 2 is 2.21 bits per heavy atom. The predicted molar refractivity (Wildman–Crippen MR) is 75.6 cm³/mol. The van der Waals surface area contributed by atoms with Gasteiger partial charge < -0.3 is 10.1 Å². The van der Waals surface area contributed by atoms with Gasteiger partial charge >= 0.3 is 0 Å². The Morgan fingerprint density at radius 3 is 3.00 bits per heavy atom. The van der Waals surface area contributed by atoms with Crippen molar-refractivity contribution in [2.24, 2.45) is 0 Å². The molecule has 1 aromatic carbocycles. The van der Waals surface area contributed by atoms with Gasteiger partial charge in [0, 0.05) is 18.5 Å². The molecule has 4 nitrogen and oxygen atoms in total.